The van der Waals surface area contributed by atoms with Gasteiger partial charge in [0.15, 0.2) is 0 Å². The van der Waals surface area contributed by atoms with E-state index in [0.29, 0.717) is 5.92 Å². The zero-order valence-corrected chi connectivity index (χ0v) is 12.6. The second kappa shape index (κ2) is 5.92. The maximum Gasteiger partial charge on any atom is 0.404 e. The fourth-order valence-electron chi connectivity index (χ4n) is 2.09. The number of hydrogen-bond donors (Lipinski definition) is 0. The van der Waals surface area contributed by atoms with Crippen molar-refractivity contribution in [1.82, 2.24) is 0 Å². The van der Waals surface area contributed by atoms with E-state index in [4.69, 9.17) is 16.3 Å². The van der Waals surface area contributed by atoms with Crippen molar-refractivity contribution in [2.24, 2.45) is 17.3 Å². The van der Waals surface area contributed by atoms with Crippen molar-refractivity contribution in [3.05, 3.63) is 23.8 Å². The van der Waals surface area contributed by atoms with Gasteiger partial charge in [0.2, 0.25) is 0 Å². The van der Waals surface area contributed by atoms with E-state index in [1.54, 1.807) is 0 Å². The molecule has 0 spiro atoms. The molecule has 1 aliphatic carbocycles. The number of halogens is 1. The van der Waals surface area contributed by atoms with E-state index in [2.05, 4.69) is 39.0 Å². The standard InChI is InChI=1S/C15H23ClO2/c1-10(12(3)18-14(16)17)6-8-13-9-7-11(2)15(13,4)5/h6,8-12H,7H2,1-5H3. The maximum absolute atomic E-state index is 10.7. The minimum atomic E-state index is -0.739. The van der Waals surface area contributed by atoms with Gasteiger partial charge in [-0.1, -0.05) is 45.9 Å². The van der Waals surface area contributed by atoms with Crippen molar-refractivity contribution < 1.29 is 9.53 Å². The average Bonchev–Trinajstić information content (AvgIpc) is 2.50. The summed E-state index contributed by atoms with van der Waals surface area (Å²) in [7, 11) is 0. The third-order valence-corrected chi connectivity index (χ3v) is 4.35. The first-order chi connectivity index (χ1) is 8.25. The van der Waals surface area contributed by atoms with Crippen LogP contribution in [0.2, 0.25) is 0 Å². The zero-order valence-electron chi connectivity index (χ0n) is 11.9. The van der Waals surface area contributed by atoms with Gasteiger partial charge in [-0.2, -0.15) is 0 Å². The van der Waals surface area contributed by atoms with Crippen molar-refractivity contribution in [1.29, 1.82) is 0 Å². The first kappa shape index (κ1) is 15.3. The zero-order chi connectivity index (χ0) is 13.9. The molecule has 2 nitrogen and oxygen atoms in total. The fourth-order valence-corrected chi connectivity index (χ4v) is 2.23. The largest absolute Gasteiger partial charge is 0.450 e. The Kier molecular flexibility index (Phi) is 5.03. The predicted molar refractivity (Wildman–Crippen MR) is 75.7 cm³/mol. The highest BCUT2D eigenvalue weighted by atomic mass is 35.5. The average molecular weight is 271 g/mol. The Bertz CT molecular complexity index is 369. The van der Waals surface area contributed by atoms with Gasteiger partial charge in [0.05, 0.1) is 0 Å². The molecule has 0 aromatic rings. The summed E-state index contributed by atoms with van der Waals surface area (Å²) in [5.41, 5.74) is 0.853. The molecular formula is C15H23ClO2. The number of hydrogen-bond acceptors (Lipinski definition) is 2. The smallest absolute Gasteiger partial charge is 0.404 e. The summed E-state index contributed by atoms with van der Waals surface area (Å²) in [5, 5.41) is 0. The summed E-state index contributed by atoms with van der Waals surface area (Å²) in [6.07, 6.45) is 7.48. The minimum Gasteiger partial charge on any atom is -0.450 e. The fraction of sp³-hybridized carbons (Fsp3) is 0.667. The van der Waals surface area contributed by atoms with E-state index in [9.17, 15) is 4.79 Å². The summed E-state index contributed by atoms with van der Waals surface area (Å²) in [6, 6.07) is 0. The molecule has 0 heterocycles. The van der Waals surface area contributed by atoms with Crippen LogP contribution in [0, 0.1) is 17.3 Å². The quantitative estimate of drug-likeness (QED) is 0.677. The van der Waals surface area contributed by atoms with Crippen molar-refractivity contribution in [3.63, 3.8) is 0 Å². The van der Waals surface area contributed by atoms with E-state index < -0.39 is 5.43 Å². The molecule has 0 amide bonds. The van der Waals surface area contributed by atoms with Crippen LogP contribution < -0.4 is 0 Å². The molecule has 1 rings (SSSR count). The van der Waals surface area contributed by atoms with Gasteiger partial charge in [-0.3, -0.25) is 0 Å². The van der Waals surface area contributed by atoms with Crippen molar-refractivity contribution in [2.75, 3.05) is 0 Å². The van der Waals surface area contributed by atoms with Crippen LogP contribution in [0.4, 0.5) is 4.79 Å². The Morgan fingerprint density at radius 2 is 2.17 bits per heavy atom. The molecule has 18 heavy (non-hydrogen) atoms. The summed E-state index contributed by atoms with van der Waals surface area (Å²) in [4.78, 5) is 10.7. The first-order valence-corrected chi connectivity index (χ1v) is 6.88. The molecule has 0 aliphatic heterocycles. The van der Waals surface area contributed by atoms with Crippen LogP contribution in [0.1, 0.15) is 41.0 Å². The summed E-state index contributed by atoms with van der Waals surface area (Å²) in [6.45, 7) is 10.7. The third kappa shape index (κ3) is 3.61. The molecule has 102 valence electrons. The SMILES string of the molecule is CC(C=CC1=CCC(C)C1(C)C)C(C)OC(=O)Cl. The normalized spacial score (nSPS) is 25.9. The maximum atomic E-state index is 10.7. The first-order valence-electron chi connectivity index (χ1n) is 6.50. The van der Waals surface area contributed by atoms with Gasteiger partial charge in [0, 0.05) is 17.5 Å². The lowest BCUT2D eigenvalue weighted by atomic mass is 9.78. The number of allylic oxidation sites excluding steroid dienone is 3. The van der Waals surface area contributed by atoms with Crippen molar-refractivity contribution in [2.45, 2.75) is 47.1 Å². The van der Waals surface area contributed by atoms with Crippen LogP contribution in [0.25, 0.3) is 0 Å². The predicted octanol–water partition coefficient (Wildman–Crippen LogP) is 4.94. The van der Waals surface area contributed by atoms with E-state index in [1.165, 1.54) is 5.57 Å². The number of ether oxygens (including phenoxy) is 1. The van der Waals surface area contributed by atoms with E-state index >= 15 is 0 Å². The van der Waals surface area contributed by atoms with Gasteiger partial charge in [0.1, 0.15) is 6.10 Å². The van der Waals surface area contributed by atoms with E-state index in [1.807, 2.05) is 13.8 Å². The Balaban J connectivity index is 2.62. The molecule has 0 radical (unpaired) electrons. The third-order valence-electron chi connectivity index (χ3n) is 4.27. The molecule has 0 N–H and O–H groups in total. The van der Waals surface area contributed by atoms with Crippen molar-refractivity contribution >= 4 is 17.0 Å². The Morgan fingerprint density at radius 3 is 2.61 bits per heavy atom. The highest BCUT2D eigenvalue weighted by Gasteiger charge is 2.32. The van der Waals surface area contributed by atoms with Crippen LogP contribution in [0.5, 0.6) is 0 Å². The van der Waals surface area contributed by atoms with Gasteiger partial charge in [-0.05, 0) is 30.3 Å². The molecule has 0 aromatic carbocycles. The highest BCUT2D eigenvalue weighted by molar-refractivity contribution is 6.61. The molecule has 0 saturated heterocycles. The Hall–Kier alpha value is -0.760. The number of carbonyl (C=O) groups is 1. The minimum absolute atomic E-state index is 0.153. The van der Waals surface area contributed by atoms with Crippen molar-refractivity contribution in [3.8, 4) is 0 Å². The lowest BCUT2D eigenvalue weighted by Gasteiger charge is -2.27. The molecule has 0 saturated carbocycles. The lowest BCUT2D eigenvalue weighted by molar-refractivity contribution is 0.111. The molecular weight excluding hydrogens is 248 g/mol. The van der Waals surface area contributed by atoms with Gasteiger partial charge in [0.25, 0.3) is 0 Å². The molecule has 0 aromatic heterocycles. The van der Waals surface area contributed by atoms with Crippen LogP contribution in [-0.2, 0) is 4.74 Å². The van der Waals surface area contributed by atoms with Crippen LogP contribution in [0.3, 0.4) is 0 Å². The van der Waals surface area contributed by atoms with Gasteiger partial charge < -0.3 is 4.74 Å². The Labute approximate surface area is 115 Å². The summed E-state index contributed by atoms with van der Waals surface area (Å²) < 4.78 is 4.96. The monoisotopic (exact) mass is 270 g/mol. The molecule has 3 unspecified atom stereocenters. The van der Waals surface area contributed by atoms with E-state index in [0.717, 1.165) is 6.42 Å². The van der Waals surface area contributed by atoms with Gasteiger partial charge >= 0.3 is 5.43 Å². The van der Waals surface area contributed by atoms with Gasteiger partial charge in [-0.15, -0.1) is 0 Å². The van der Waals surface area contributed by atoms with Crippen LogP contribution >= 0.6 is 11.6 Å². The second-order valence-electron chi connectivity index (χ2n) is 5.80. The molecule has 1 aliphatic rings. The van der Waals surface area contributed by atoms with Gasteiger partial charge in [-0.25, -0.2) is 4.79 Å². The topological polar surface area (TPSA) is 26.3 Å². The summed E-state index contributed by atoms with van der Waals surface area (Å²) >= 11 is 5.21. The highest BCUT2D eigenvalue weighted by Crippen LogP contribution is 2.43. The van der Waals surface area contributed by atoms with E-state index in [-0.39, 0.29) is 17.4 Å². The second-order valence-corrected chi connectivity index (χ2v) is 6.11. The van der Waals surface area contributed by atoms with Crippen LogP contribution in [-0.4, -0.2) is 11.5 Å². The summed E-state index contributed by atoms with van der Waals surface area (Å²) in [5.74, 6) is 0.825. The molecule has 3 atom stereocenters. The lowest BCUT2D eigenvalue weighted by Crippen LogP contribution is -2.19. The number of carbonyl (C=O) groups excluding carboxylic acids is 1. The molecule has 3 heteroatoms. The molecule has 0 bridgehead atoms. The molecule has 0 fully saturated rings. The number of rotatable bonds is 4. The Morgan fingerprint density at radius 1 is 1.56 bits per heavy atom. The van der Waals surface area contributed by atoms with Crippen LogP contribution in [0.15, 0.2) is 23.8 Å².